The maximum atomic E-state index is 13.5. The fraction of sp³-hybridized carbons (Fsp3) is 0. The van der Waals surface area contributed by atoms with Crippen molar-refractivity contribution in [3.8, 4) is 22.6 Å². The van der Waals surface area contributed by atoms with E-state index in [2.05, 4.69) is 10.2 Å². The second-order valence-corrected chi connectivity index (χ2v) is 4.67. The smallest absolute Gasteiger partial charge is 0.339 e. The van der Waals surface area contributed by atoms with Crippen LogP contribution in [0, 0.1) is 11.8 Å². The minimum absolute atomic E-state index is 0.0238. The first-order valence-electron chi connectivity index (χ1n) is 6.55. The number of carboxylic acids is 1. The van der Waals surface area contributed by atoms with Crippen LogP contribution in [0.15, 0.2) is 48.7 Å². The van der Waals surface area contributed by atoms with Gasteiger partial charge in [0.2, 0.25) is 5.95 Å². The lowest BCUT2D eigenvalue weighted by Crippen LogP contribution is -2.01. The van der Waals surface area contributed by atoms with Crippen LogP contribution in [0.4, 0.5) is 8.78 Å². The normalized spacial score (nSPS) is 10.5. The van der Waals surface area contributed by atoms with Gasteiger partial charge in [0, 0.05) is 12.3 Å². The molecule has 0 aliphatic rings. The van der Waals surface area contributed by atoms with E-state index < -0.39 is 17.7 Å². The van der Waals surface area contributed by atoms with Gasteiger partial charge in [0.1, 0.15) is 22.9 Å². The first kappa shape index (κ1) is 14.7. The lowest BCUT2D eigenvalue weighted by atomic mass is 10.1. The van der Waals surface area contributed by atoms with E-state index in [0.29, 0.717) is 5.56 Å². The van der Waals surface area contributed by atoms with E-state index in [1.807, 2.05) is 0 Å². The van der Waals surface area contributed by atoms with Gasteiger partial charge in [-0.2, -0.15) is 4.39 Å². The number of H-pyrrole nitrogens is 1. The minimum atomic E-state index is -1.25. The number of halogens is 2. The lowest BCUT2D eigenvalue weighted by Gasteiger charge is -2.10. The number of aromatic amines is 1. The first-order chi connectivity index (χ1) is 11.0. The molecule has 0 bridgehead atoms. The molecule has 0 aliphatic heterocycles. The van der Waals surface area contributed by atoms with Crippen molar-refractivity contribution in [1.82, 2.24) is 10.2 Å². The molecule has 3 aromatic rings. The van der Waals surface area contributed by atoms with E-state index in [1.54, 1.807) is 0 Å². The third-order valence-corrected chi connectivity index (χ3v) is 3.14. The highest BCUT2D eigenvalue weighted by Crippen LogP contribution is 2.31. The summed E-state index contributed by atoms with van der Waals surface area (Å²) in [6.45, 7) is 0. The fourth-order valence-corrected chi connectivity index (χ4v) is 2.09. The number of nitrogens with one attached hydrogen (secondary N) is 1. The molecule has 5 nitrogen and oxygen atoms in total. The molecule has 3 rings (SSSR count). The van der Waals surface area contributed by atoms with Crippen molar-refractivity contribution in [3.05, 3.63) is 66.0 Å². The average molecular weight is 316 g/mol. The van der Waals surface area contributed by atoms with E-state index >= 15 is 0 Å². The zero-order valence-corrected chi connectivity index (χ0v) is 11.6. The Morgan fingerprint density at radius 3 is 2.65 bits per heavy atom. The molecule has 23 heavy (non-hydrogen) atoms. The van der Waals surface area contributed by atoms with Gasteiger partial charge in [0.05, 0.1) is 5.56 Å². The standard InChI is InChI=1S/C16H10F2N2O3/c17-10-2-1-3-11(7-10)23-14-5-4-9(6-12(14)16(21)22)13-8-19-20-15(13)18/h1-8H,(H,19,20)(H,21,22). The molecule has 116 valence electrons. The Kier molecular flexibility index (Phi) is 3.76. The van der Waals surface area contributed by atoms with Crippen molar-refractivity contribution in [2.24, 2.45) is 0 Å². The molecule has 0 atom stereocenters. The predicted octanol–water partition coefficient (Wildman–Crippen LogP) is 3.85. The van der Waals surface area contributed by atoms with E-state index in [1.165, 1.54) is 42.6 Å². The molecule has 0 amide bonds. The van der Waals surface area contributed by atoms with E-state index in [9.17, 15) is 18.7 Å². The Labute approximate surface area is 129 Å². The number of carbonyl (C=O) groups is 1. The summed E-state index contributed by atoms with van der Waals surface area (Å²) in [5.74, 6) is -2.30. The number of carboxylic acid groups (broad SMARTS) is 1. The number of hydrogen-bond donors (Lipinski definition) is 2. The van der Waals surface area contributed by atoms with Crippen LogP contribution in [0.25, 0.3) is 11.1 Å². The van der Waals surface area contributed by atoms with Crippen LogP contribution in [0.2, 0.25) is 0 Å². The maximum Gasteiger partial charge on any atom is 0.339 e. The van der Waals surface area contributed by atoms with Crippen molar-refractivity contribution in [2.45, 2.75) is 0 Å². The summed E-state index contributed by atoms with van der Waals surface area (Å²) in [6, 6.07) is 9.47. The van der Waals surface area contributed by atoms with Gasteiger partial charge in [-0.15, -0.1) is 5.10 Å². The first-order valence-corrected chi connectivity index (χ1v) is 6.55. The molecule has 0 aliphatic carbocycles. The Bertz CT molecular complexity index is 877. The molecule has 1 aromatic heterocycles. The van der Waals surface area contributed by atoms with Gasteiger partial charge in [0.25, 0.3) is 0 Å². The van der Waals surface area contributed by atoms with E-state index in [-0.39, 0.29) is 22.6 Å². The largest absolute Gasteiger partial charge is 0.478 e. The van der Waals surface area contributed by atoms with Gasteiger partial charge in [-0.1, -0.05) is 12.1 Å². The molecule has 0 unspecified atom stereocenters. The molecule has 0 radical (unpaired) electrons. The molecule has 1 heterocycles. The van der Waals surface area contributed by atoms with Crippen molar-refractivity contribution in [1.29, 1.82) is 0 Å². The van der Waals surface area contributed by atoms with Crippen LogP contribution in [0.5, 0.6) is 11.5 Å². The molecule has 0 saturated heterocycles. The molecule has 0 spiro atoms. The van der Waals surface area contributed by atoms with Crippen LogP contribution in [0.1, 0.15) is 10.4 Å². The molecule has 7 heteroatoms. The second-order valence-electron chi connectivity index (χ2n) is 4.67. The Balaban J connectivity index is 2.01. The van der Waals surface area contributed by atoms with Crippen LogP contribution >= 0.6 is 0 Å². The number of rotatable bonds is 4. The topological polar surface area (TPSA) is 75.2 Å². The van der Waals surface area contributed by atoms with Crippen molar-refractivity contribution in [2.75, 3.05) is 0 Å². The van der Waals surface area contributed by atoms with Gasteiger partial charge in [-0.25, -0.2) is 9.18 Å². The molecule has 2 aromatic carbocycles. The maximum absolute atomic E-state index is 13.5. The van der Waals surface area contributed by atoms with Gasteiger partial charge in [0.15, 0.2) is 0 Å². The van der Waals surface area contributed by atoms with Crippen molar-refractivity contribution >= 4 is 5.97 Å². The number of benzene rings is 2. The van der Waals surface area contributed by atoms with Gasteiger partial charge >= 0.3 is 5.97 Å². The number of aromatic nitrogens is 2. The number of nitrogens with zero attached hydrogens (tertiary/aromatic N) is 1. The highest BCUT2D eigenvalue weighted by molar-refractivity contribution is 5.92. The summed E-state index contributed by atoms with van der Waals surface area (Å²) < 4.78 is 32.1. The van der Waals surface area contributed by atoms with E-state index in [0.717, 1.165) is 6.07 Å². The minimum Gasteiger partial charge on any atom is -0.478 e. The molecule has 0 saturated carbocycles. The summed E-state index contributed by atoms with van der Waals surface area (Å²) in [6.07, 6.45) is 1.32. The average Bonchev–Trinajstić information content (AvgIpc) is 2.93. The SMILES string of the molecule is O=C(O)c1cc(-c2c[nH]nc2F)ccc1Oc1cccc(F)c1. The monoisotopic (exact) mass is 316 g/mol. The fourth-order valence-electron chi connectivity index (χ4n) is 2.09. The third-order valence-electron chi connectivity index (χ3n) is 3.14. The number of ether oxygens (including phenoxy) is 1. The van der Waals surface area contributed by atoms with Crippen LogP contribution in [0.3, 0.4) is 0 Å². The zero-order chi connectivity index (χ0) is 16.4. The zero-order valence-electron chi connectivity index (χ0n) is 11.6. The molecular formula is C16H10F2N2O3. The highest BCUT2D eigenvalue weighted by atomic mass is 19.1. The third kappa shape index (κ3) is 3.03. The predicted molar refractivity (Wildman–Crippen MR) is 77.4 cm³/mol. The summed E-state index contributed by atoms with van der Waals surface area (Å²) >= 11 is 0. The molecule has 2 N–H and O–H groups in total. The summed E-state index contributed by atoms with van der Waals surface area (Å²) in [4.78, 5) is 11.4. The van der Waals surface area contributed by atoms with Crippen LogP contribution in [-0.4, -0.2) is 21.3 Å². The van der Waals surface area contributed by atoms with Gasteiger partial charge in [-0.05, 0) is 29.8 Å². The van der Waals surface area contributed by atoms with Crippen molar-refractivity contribution in [3.63, 3.8) is 0 Å². The quantitative estimate of drug-likeness (QED) is 0.766. The van der Waals surface area contributed by atoms with Crippen molar-refractivity contribution < 1.29 is 23.4 Å². The number of hydrogen-bond acceptors (Lipinski definition) is 3. The highest BCUT2D eigenvalue weighted by Gasteiger charge is 2.16. The summed E-state index contributed by atoms with van der Waals surface area (Å²) in [7, 11) is 0. The van der Waals surface area contributed by atoms with E-state index in [4.69, 9.17) is 4.74 Å². The molecular weight excluding hydrogens is 306 g/mol. The van der Waals surface area contributed by atoms with Gasteiger partial charge in [-0.3, -0.25) is 5.10 Å². The van der Waals surface area contributed by atoms with Gasteiger partial charge < -0.3 is 9.84 Å². The lowest BCUT2D eigenvalue weighted by molar-refractivity contribution is 0.0694. The number of aromatic carboxylic acids is 1. The second kappa shape index (κ2) is 5.88. The molecule has 0 fully saturated rings. The Morgan fingerprint density at radius 1 is 1.17 bits per heavy atom. The summed E-state index contributed by atoms with van der Waals surface area (Å²) in [5, 5.41) is 15.0. The van der Waals surface area contributed by atoms with Crippen LogP contribution in [-0.2, 0) is 0 Å². The Morgan fingerprint density at radius 2 is 2.00 bits per heavy atom. The summed E-state index contributed by atoms with van der Waals surface area (Å²) in [5.41, 5.74) is 0.303. The van der Waals surface area contributed by atoms with Crippen LogP contribution < -0.4 is 4.74 Å². The Hall–Kier alpha value is -3.22.